The fourth-order valence-corrected chi connectivity index (χ4v) is 3.49. The second-order valence-electron chi connectivity index (χ2n) is 4.74. The summed E-state index contributed by atoms with van der Waals surface area (Å²) in [6, 6.07) is 8.85. The van der Waals surface area contributed by atoms with Gasteiger partial charge in [-0.3, -0.25) is 14.4 Å². The number of amides is 2. The van der Waals surface area contributed by atoms with Crippen molar-refractivity contribution in [1.29, 1.82) is 0 Å². The van der Waals surface area contributed by atoms with Crippen molar-refractivity contribution in [2.75, 3.05) is 5.75 Å². The predicted molar refractivity (Wildman–Crippen MR) is 90.8 cm³/mol. The molecule has 2 aliphatic heterocycles. The summed E-state index contributed by atoms with van der Waals surface area (Å²) in [5.74, 6) is 0.531. The molecule has 0 spiro atoms. The van der Waals surface area contributed by atoms with Gasteiger partial charge in [-0.05, 0) is 0 Å². The zero-order valence-corrected chi connectivity index (χ0v) is 13.4. The molecule has 0 aromatic heterocycles. The first-order chi connectivity index (χ1) is 11.1. The molecule has 2 saturated heterocycles. The molecule has 2 heterocycles. The highest BCUT2D eigenvalue weighted by molar-refractivity contribution is 8.15. The van der Waals surface area contributed by atoms with Gasteiger partial charge in [0.25, 0.3) is 5.24 Å². The molecule has 1 unspecified atom stereocenters. The molecule has 1 atom stereocenters. The first-order valence-electron chi connectivity index (χ1n) is 6.76. The SMILES string of the molecule is O=C1NC(=NN=C2NC(=O)C(CC(=O)c3ccccc3)S2)CS1. The number of Topliss-reactive ketones (excluding diaryl/α,β-unsaturated/α-hetero) is 1. The zero-order valence-electron chi connectivity index (χ0n) is 11.8. The average molecular weight is 348 g/mol. The van der Waals surface area contributed by atoms with E-state index >= 15 is 0 Å². The molecule has 1 aromatic carbocycles. The Kier molecular flexibility index (Phi) is 4.77. The van der Waals surface area contributed by atoms with E-state index in [9.17, 15) is 14.4 Å². The van der Waals surface area contributed by atoms with E-state index in [2.05, 4.69) is 20.8 Å². The summed E-state index contributed by atoms with van der Waals surface area (Å²) < 4.78 is 0. The molecule has 0 radical (unpaired) electrons. The van der Waals surface area contributed by atoms with Crippen LogP contribution in [0.25, 0.3) is 0 Å². The van der Waals surface area contributed by atoms with Crippen molar-refractivity contribution in [2.24, 2.45) is 10.2 Å². The second kappa shape index (κ2) is 6.97. The largest absolute Gasteiger partial charge is 0.303 e. The summed E-state index contributed by atoms with van der Waals surface area (Å²) in [5, 5.41) is 12.6. The molecule has 3 rings (SSSR count). The lowest BCUT2D eigenvalue weighted by Crippen LogP contribution is -2.26. The minimum absolute atomic E-state index is 0.0923. The molecule has 1 aromatic rings. The van der Waals surface area contributed by atoms with E-state index in [1.165, 1.54) is 11.8 Å². The summed E-state index contributed by atoms with van der Waals surface area (Å²) in [6.07, 6.45) is 0.0999. The highest BCUT2D eigenvalue weighted by Crippen LogP contribution is 2.24. The maximum Gasteiger partial charge on any atom is 0.284 e. The van der Waals surface area contributed by atoms with Crippen LogP contribution >= 0.6 is 23.5 Å². The van der Waals surface area contributed by atoms with Crippen LogP contribution in [-0.2, 0) is 4.79 Å². The number of thioether (sulfide) groups is 2. The van der Waals surface area contributed by atoms with Gasteiger partial charge >= 0.3 is 0 Å². The molecule has 23 heavy (non-hydrogen) atoms. The fourth-order valence-electron chi connectivity index (χ4n) is 1.98. The van der Waals surface area contributed by atoms with Crippen LogP contribution in [0.3, 0.4) is 0 Å². The third-order valence-electron chi connectivity index (χ3n) is 3.09. The first-order valence-corrected chi connectivity index (χ1v) is 8.62. The number of carbonyl (C=O) groups excluding carboxylic acids is 3. The quantitative estimate of drug-likeness (QED) is 0.636. The van der Waals surface area contributed by atoms with Gasteiger partial charge in [-0.1, -0.05) is 53.9 Å². The predicted octanol–water partition coefficient (Wildman–Crippen LogP) is 1.62. The van der Waals surface area contributed by atoms with Gasteiger partial charge in [0.1, 0.15) is 5.84 Å². The van der Waals surface area contributed by atoms with Crippen molar-refractivity contribution in [3.63, 3.8) is 0 Å². The van der Waals surface area contributed by atoms with Crippen LogP contribution in [0.1, 0.15) is 16.8 Å². The molecule has 0 aliphatic carbocycles. The van der Waals surface area contributed by atoms with E-state index in [0.29, 0.717) is 22.3 Å². The van der Waals surface area contributed by atoms with Gasteiger partial charge in [0.05, 0.1) is 11.0 Å². The maximum atomic E-state index is 12.1. The number of carbonyl (C=O) groups is 3. The van der Waals surface area contributed by atoms with Crippen LogP contribution in [0.4, 0.5) is 4.79 Å². The molecule has 7 nitrogen and oxygen atoms in total. The normalized spacial score (nSPS) is 24.1. The van der Waals surface area contributed by atoms with Crippen LogP contribution in [0.2, 0.25) is 0 Å². The molecule has 9 heteroatoms. The minimum Gasteiger partial charge on any atom is -0.303 e. The Labute approximate surface area is 140 Å². The zero-order chi connectivity index (χ0) is 16.2. The third-order valence-corrected chi connectivity index (χ3v) is 4.95. The standard InChI is InChI=1S/C14H12N4O3S2/c19-9(8-4-2-1-3-5-8)6-10-12(20)16-13(23-10)18-17-11-7-22-14(21)15-11/h1-5,10H,6-7H2,(H,15,17,21)(H,16,18,20). The number of nitrogens with zero attached hydrogens (tertiary/aromatic N) is 2. The Balaban J connectivity index is 1.61. The van der Waals surface area contributed by atoms with Crippen molar-refractivity contribution in [3.8, 4) is 0 Å². The van der Waals surface area contributed by atoms with Gasteiger partial charge in [-0.15, -0.1) is 10.2 Å². The van der Waals surface area contributed by atoms with Gasteiger partial charge < -0.3 is 10.6 Å². The van der Waals surface area contributed by atoms with Crippen LogP contribution in [0, 0.1) is 0 Å². The van der Waals surface area contributed by atoms with Crippen molar-refractivity contribution in [3.05, 3.63) is 35.9 Å². The molecule has 2 amide bonds. The Morgan fingerprint density at radius 2 is 1.96 bits per heavy atom. The Morgan fingerprint density at radius 3 is 2.65 bits per heavy atom. The van der Waals surface area contributed by atoms with Crippen LogP contribution in [0.5, 0.6) is 0 Å². The summed E-state index contributed by atoms with van der Waals surface area (Å²) in [6.45, 7) is 0. The Hall–Kier alpha value is -2.13. The summed E-state index contributed by atoms with van der Waals surface area (Å²) >= 11 is 2.27. The van der Waals surface area contributed by atoms with E-state index in [0.717, 1.165) is 11.8 Å². The van der Waals surface area contributed by atoms with Crippen LogP contribution < -0.4 is 10.6 Å². The van der Waals surface area contributed by atoms with E-state index in [4.69, 9.17) is 0 Å². The number of hydrogen-bond acceptors (Lipinski definition) is 7. The average Bonchev–Trinajstić information content (AvgIpc) is 3.12. The van der Waals surface area contributed by atoms with E-state index in [-0.39, 0.29) is 23.4 Å². The minimum atomic E-state index is -0.519. The number of hydrogen-bond donors (Lipinski definition) is 2. The van der Waals surface area contributed by atoms with Crippen molar-refractivity contribution >= 4 is 51.5 Å². The number of rotatable bonds is 4. The lowest BCUT2D eigenvalue weighted by Gasteiger charge is -2.04. The maximum absolute atomic E-state index is 12.1. The second-order valence-corrected chi connectivity index (χ2v) is 6.88. The smallest absolute Gasteiger partial charge is 0.284 e. The van der Waals surface area contributed by atoms with E-state index in [1.807, 2.05) is 6.07 Å². The van der Waals surface area contributed by atoms with Crippen LogP contribution in [0.15, 0.2) is 40.5 Å². The fraction of sp³-hybridized carbons (Fsp3) is 0.214. The highest BCUT2D eigenvalue weighted by Gasteiger charge is 2.32. The Morgan fingerprint density at radius 1 is 1.17 bits per heavy atom. The van der Waals surface area contributed by atoms with E-state index < -0.39 is 5.25 Å². The van der Waals surface area contributed by atoms with E-state index in [1.54, 1.807) is 24.3 Å². The number of benzene rings is 1. The van der Waals surface area contributed by atoms with Gasteiger partial charge in [0, 0.05) is 12.0 Å². The number of ketones is 1. The molecule has 2 N–H and O–H groups in total. The lowest BCUT2D eigenvalue weighted by molar-refractivity contribution is -0.118. The molecule has 0 bridgehead atoms. The van der Waals surface area contributed by atoms with Crippen molar-refractivity contribution < 1.29 is 14.4 Å². The number of amidine groups is 2. The topological polar surface area (TPSA) is 100.0 Å². The molecule has 118 valence electrons. The Bertz CT molecular complexity index is 718. The van der Waals surface area contributed by atoms with Gasteiger partial charge in [-0.25, -0.2) is 0 Å². The molecule has 2 fully saturated rings. The van der Waals surface area contributed by atoms with Crippen molar-refractivity contribution in [1.82, 2.24) is 10.6 Å². The third kappa shape index (κ3) is 3.99. The van der Waals surface area contributed by atoms with Crippen molar-refractivity contribution in [2.45, 2.75) is 11.7 Å². The monoisotopic (exact) mass is 348 g/mol. The number of nitrogens with one attached hydrogen (secondary N) is 2. The molecular weight excluding hydrogens is 336 g/mol. The molecular formula is C14H12N4O3S2. The summed E-state index contributed by atoms with van der Waals surface area (Å²) in [4.78, 5) is 35.1. The molecule has 0 saturated carbocycles. The summed E-state index contributed by atoms with van der Waals surface area (Å²) in [5.41, 5.74) is 0.581. The molecule has 2 aliphatic rings. The van der Waals surface area contributed by atoms with Crippen LogP contribution in [-0.4, -0.2) is 38.9 Å². The first kappa shape index (κ1) is 15.8. The summed E-state index contributed by atoms with van der Waals surface area (Å²) in [7, 11) is 0. The van der Waals surface area contributed by atoms with Gasteiger partial charge in [-0.2, -0.15) is 0 Å². The van der Waals surface area contributed by atoms with Gasteiger partial charge in [0.15, 0.2) is 11.0 Å². The lowest BCUT2D eigenvalue weighted by atomic mass is 10.1. The van der Waals surface area contributed by atoms with Gasteiger partial charge in [0.2, 0.25) is 5.91 Å². The highest BCUT2D eigenvalue weighted by atomic mass is 32.2.